The van der Waals surface area contributed by atoms with Crippen molar-refractivity contribution in [1.82, 2.24) is 0 Å². The predicted octanol–water partition coefficient (Wildman–Crippen LogP) is 18.5. The fourth-order valence-corrected chi connectivity index (χ4v) is 11.8. The zero-order valence-electron chi connectivity index (χ0n) is 47.2. The largest absolute Gasteiger partial charge is 0.454 e. The molecule has 4 nitrogen and oxygen atoms in total. The van der Waals surface area contributed by atoms with Crippen LogP contribution in [0.2, 0.25) is 0 Å². The van der Waals surface area contributed by atoms with Crippen LogP contribution in [0.5, 0.6) is 0 Å². The van der Waals surface area contributed by atoms with Gasteiger partial charge in [-0.25, -0.2) is 0 Å². The molecule has 2 aliphatic rings. The number of aryl methyl sites for hydroxylation is 2. The van der Waals surface area contributed by atoms with E-state index in [0.29, 0.717) is 0 Å². The van der Waals surface area contributed by atoms with Gasteiger partial charge < -0.3 is 19.1 Å². The second kappa shape index (κ2) is 18.4. The summed E-state index contributed by atoms with van der Waals surface area (Å²) < 4.78 is 6.97. The minimum atomic E-state index is -0.0493. The van der Waals surface area contributed by atoms with Gasteiger partial charge in [-0.2, -0.15) is 0 Å². The Morgan fingerprint density at radius 2 is 0.907 bits per heavy atom. The molecular formula is C70H76BN3O. The lowest BCUT2D eigenvalue weighted by Crippen LogP contribution is -2.61. The summed E-state index contributed by atoms with van der Waals surface area (Å²) in [7, 11) is 0. The molecule has 0 saturated heterocycles. The smallest absolute Gasteiger partial charge is 0.252 e. The van der Waals surface area contributed by atoms with E-state index < -0.39 is 0 Å². The third-order valence-corrected chi connectivity index (χ3v) is 18.4. The van der Waals surface area contributed by atoms with Crippen molar-refractivity contribution >= 4 is 96.2 Å². The van der Waals surface area contributed by atoms with Crippen LogP contribution in [0.4, 0.5) is 51.2 Å². The van der Waals surface area contributed by atoms with Crippen molar-refractivity contribution in [2.45, 2.75) is 144 Å². The van der Waals surface area contributed by atoms with Crippen LogP contribution in [0.25, 0.3) is 21.9 Å². The van der Waals surface area contributed by atoms with E-state index in [2.05, 4.69) is 269 Å². The van der Waals surface area contributed by atoms with E-state index in [1.54, 1.807) is 0 Å². The fraction of sp³-hybridized carbons (Fsp3) is 0.314. The second-order valence-corrected chi connectivity index (χ2v) is 24.5. The molecule has 0 aliphatic carbocycles. The lowest BCUT2D eigenvalue weighted by molar-refractivity contribution is 0.506. The first-order valence-corrected chi connectivity index (χ1v) is 27.9. The van der Waals surface area contributed by atoms with E-state index >= 15 is 0 Å². The highest BCUT2D eigenvalue weighted by Gasteiger charge is 2.45. The fourth-order valence-electron chi connectivity index (χ4n) is 11.8. The van der Waals surface area contributed by atoms with Gasteiger partial charge in [-0.05, 0) is 172 Å². The summed E-state index contributed by atoms with van der Waals surface area (Å²) in [6.07, 6.45) is 4.19. The highest BCUT2D eigenvalue weighted by Crippen LogP contribution is 2.51. The standard InChI is InChI=1S/C70H76BN3O/c1-15-67(7,8)47-27-33-51(34-28-47)72-59-38-31-49(69(11,12)17-3)41-56(59)71-57-42-50(70(13,14)18-4)32-39-60(57)73(52-35-29-48(30-36-52)68(9,10)16-2)63-44-53(43-62(72)65(63)71)74(58-37-26-45(5)40-46(58)6)61-24-21-23-55-54-22-19-20-25-64(54)75-66(55)61/h19-44H,15-18H2,1-14H3. The predicted molar refractivity (Wildman–Crippen MR) is 325 cm³/mol. The Labute approximate surface area is 448 Å². The molecule has 0 atom stereocenters. The van der Waals surface area contributed by atoms with Crippen LogP contribution in [0, 0.1) is 13.8 Å². The Bertz CT molecular complexity index is 3500. The molecule has 0 unspecified atom stereocenters. The van der Waals surface area contributed by atoms with Crippen molar-refractivity contribution in [3.63, 3.8) is 0 Å². The van der Waals surface area contributed by atoms with Crippen LogP contribution >= 0.6 is 0 Å². The number of rotatable bonds is 13. The Morgan fingerprint density at radius 3 is 1.40 bits per heavy atom. The monoisotopic (exact) mass is 986 g/mol. The van der Waals surface area contributed by atoms with Crippen LogP contribution in [0.1, 0.15) is 142 Å². The van der Waals surface area contributed by atoms with Crippen LogP contribution in [-0.4, -0.2) is 6.71 Å². The van der Waals surface area contributed by atoms with Gasteiger partial charge in [0.05, 0.1) is 11.4 Å². The summed E-state index contributed by atoms with van der Waals surface area (Å²) in [5.74, 6) is 0. The van der Waals surface area contributed by atoms with Gasteiger partial charge in [0.15, 0.2) is 5.58 Å². The van der Waals surface area contributed by atoms with Crippen LogP contribution in [0.3, 0.4) is 0 Å². The first-order valence-electron chi connectivity index (χ1n) is 27.9. The number of benzene rings is 8. The summed E-state index contributed by atoms with van der Waals surface area (Å²) >= 11 is 0. The molecule has 11 rings (SSSR count). The van der Waals surface area contributed by atoms with Gasteiger partial charge in [-0.15, -0.1) is 0 Å². The van der Waals surface area contributed by atoms with Crippen molar-refractivity contribution in [3.8, 4) is 0 Å². The maximum Gasteiger partial charge on any atom is 0.252 e. The van der Waals surface area contributed by atoms with Crippen LogP contribution < -0.4 is 31.1 Å². The number of anilines is 9. The van der Waals surface area contributed by atoms with Crippen LogP contribution in [0.15, 0.2) is 162 Å². The average molecular weight is 986 g/mol. The third-order valence-electron chi connectivity index (χ3n) is 18.4. The average Bonchev–Trinajstić information content (AvgIpc) is 3.81. The molecule has 3 heterocycles. The van der Waals surface area contributed by atoms with E-state index in [1.165, 1.54) is 72.5 Å². The molecule has 2 aliphatic heterocycles. The summed E-state index contributed by atoms with van der Waals surface area (Å²) in [5.41, 5.74) is 23.9. The Balaban J connectivity index is 1.29. The van der Waals surface area contributed by atoms with E-state index in [-0.39, 0.29) is 28.4 Å². The first kappa shape index (κ1) is 50.2. The Morgan fingerprint density at radius 1 is 0.440 bits per heavy atom. The summed E-state index contributed by atoms with van der Waals surface area (Å²) in [4.78, 5) is 7.67. The van der Waals surface area contributed by atoms with Crippen molar-refractivity contribution < 1.29 is 4.42 Å². The molecule has 8 aromatic carbocycles. The maximum atomic E-state index is 6.97. The molecule has 75 heavy (non-hydrogen) atoms. The van der Waals surface area contributed by atoms with Crippen molar-refractivity contribution in [2.24, 2.45) is 0 Å². The normalized spacial score (nSPS) is 13.6. The summed E-state index contributed by atoms with van der Waals surface area (Å²) in [6, 6.07) is 60.8. The number of furan rings is 1. The van der Waals surface area contributed by atoms with Crippen molar-refractivity contribution in [2.75, 3.05) is 14.7 Å². The van der Waals surface area contributed by atoms with Crippen molar-refractivity contribution in [3.05, 3.63) is 191 Å². The lowest BCUT2D eigenvalue weighted by Gasteiger charge is -2.46. The van der Waals surface area contributed by atoms with Gasteiger partial charge >= 0.3 is 0 Å². The van der Waals surface area contributed by atoms with Crippen LogP contribution in [-0.2, 0) is 21.7 Å². The number of para-hydroxylation sites is 2. The van der Waals surface area contributed by atoms with Gasteiger partial charge in [0, 0.05) is 50.6 Å². The first-order chi connectivity index (χ1) is 35.8. The zero-order valence-corrected chi connectivity index (χ0v) is 47.2. The maximum absolute atomic E-state index is 6.97. The van der Waals surface area contributed by atoms with Gasteiger partial charge in [0.1, 0.15) is 5.58 Å². The number of fused-ring (bicyclic) bond motifs is 7. The Hall–Kier alpha value is -6.98. The molecule has 1 aromatic heterocycles. The second-order valence-electron chi connectivity index (χ2n) is 24.5. The van der Waals surface area contributed by atoms with E-state index in [4.69, 9.17) is 4.42 Å². The third kappa shape index (κ3) is 8.28. The topological polar surface area (TPSA) is 22.9 Å². The molecule has 5 heteroatoms. The molecular weight excluding hydrogens is 910 g/mol. The summed E-state index contributed by atoms with van der Waals surface area (Å²) in [5, 5.41) is 2.22. The molecule has 9 aromatic rings. The summed E-state index contributed by atoms with van der Waals surface area (Å²) in [6.45, 7) is 32.7. The van der Waals surface area contributed by atoms with E-state index in [0.717, 1.165) is 76.1 Å². The molecule has 0 saturated carbocycles. The highest BCUT2D eigenvalue weighted by atomic mass is 16.3. The van der Waals surface area contributed by atoms with Gasteiger partial charge in [-0.3, -0.25) is 0 Å². The molecule has 0 fully saturated rings. The number of nitrogens with zero attached hydrogens (tertiary/aromatic N) is 3. The SMILES string of the molecule is CCC(C)(C)c1ccc(N2c3ccc(C(C)(C)CC)cc3B3c4cc(C(C)(C)CC)ccc4N(c4ccc(C(C)(C)CC)cc4)c4cc(N(c5ccc(C)cc5C)c5cccc6c5oc5ccccc56)cc2c43)cc1. The number of hydrogen-bond acceptors (Lipinski definition) is 4. The van der Waals surface area contributed by atoms with Gasteiger partial charge in [-0.1, -0.05) is 180 Å². The van der Waals surface area contributed by atoms with E-state index in [1.807, 2.05) is 0 Å². The molecule has 0 spiro atoms. The minimum absolute atomic E-state index is 0.0200. The molecule has 0 bridgehead atoms. The van der Waals surface area contributed by atoms with Gasteiger partial charge in [0.2, 0.25) is 0 Å². The molecule has 0 radical (unpaired) electrons. The molecule has 380 valence electrons. The van der Waals surface area contributed by atoms with Gasteiger partial charge in [0.25, 0.3) is 6.71 Å². The Kier molecular flexibility index (Phi) is 12.3. The quantitative estimate of drug-likeness (QED) is 0.107. The molecule has 0 amide bonds. The lowest BCUT2D eigenvalue weighted by atomic mass is 9.33. The number of hydrogen-bond donors (Lipinski definition) is 0. The highest BCUT2D eigenvalue weighted by molar-refractivity contribution is 7.00. The van der Waals surface area contributed by atoms with Crippen molar-refractivity contribution in [1.29, 1.82) is 0 Å². The van der Waals surface area contributed by atoms with E-state index in [9.17, 15) is 0 Å². The minimum Gasteiger partial charge on any atom is -0.454 e. The molecule has 0 N–H and O–H groups in total. The zero-order chi connectivity index (χ0) is 52.9.